The molecule has 0 aliphatic carbocycles. The summed E-state index contributed by atoms with van der Waals surface area (Å²) in [6.45, 7) is 4.74. The predicted octanol–water partition coefficient (Wildman–Crippen LogP) is 6.06. The number of anilines is 1. The minimum absolute atomic E-state index is 0.00330. The van der Waals surface area contributed by atoms with Gasteiger partial charge in [0, 0.05) is 30.7 Å². The highest BCUT2D eigenvalue weighted by molar-refractivity contribution is 6.17. The van der Waals surface area contributed by atoms with E-state index in [1.54, 1.807) is 13.4 Å². The van der Waals surface area contributed by atoms with Crippen LogP contribution in [0, 0.1) is 11.8 Å². The smallest absolute Gasteiger partial charge is 0.337 e. The van der Waals surface area contributed by atoms with E-state index in [9.17, 15) is 9.59 Å². The Labute approximate surface area is 233 Å². The summed E-state index contributed by atoms with van der Waals surface area (Å²) in [6.07, 6.45) is 12.2. The van der Waals surface area contributed by atoms with E-state index in [1.165, 1.54) is 38.4 Å². The van der Waals surface area contributed by atoms with Crippen molar-refractivity contribution in [1.29, 1.82) is 0 Å². The van der Waals surface area contributed by atoms with E-state index >= 15 is 0 Å². The van der Waals surface area contributed by atoms with Crippen LogP contribution in [0.15, 0.2) is 36.1 Å². The van der Waals surface area contributed by atoms with Gasteiger partial charge in [-0.3, -0.25) is 9.69 Å². The molecule has 210 valence electrons. The molecule has 0 bridgehead atoms. The van der Waals surface area contributed by atoms with Gasteiger partial charge in [0.25, 0.3) is 0 Å². The number of hydrogen-bond donors (Lipinski definition) is 0. The second-order valence-corrected chi connectivity index (χ2v) is 11.6. The molecule has 4 rings (SSSR count). The third-order valence-electron chi connectivity index (χ3n) is 9.23. The average molecular weight is 545 g/mol. The summed E-state index contributed by atoms with van der Waals surface area (Å²) in [5, 5.41) is 0. The number of esters is 1. The van der Waals surface area contributed by atoms with Crippen molar-refractivity contribution in [3.8, 4) is 0 Å². The van der Waals surface area contributed by atoms with Crippen LogP contribution in [0.3, 0.4) is 0 Å². The van der Waals surface area contributed by atoms with Gasteiger partial charge in [-0.15, -0.1) is 11.6 Å². The highest BCUT2D eigenvalue weighted by Gasteiger charge is 2.62. The number of amides is 1. The zero-order valence-electron chi connectivity index (χ0n) is 23.4. The lowest BCUT2D eigenvalue weighted by Crippen LogP contribution is -2.55. The Morgan fingerprint density at radius 2 is 1.82 bits per heavy atom. The Hall–Kier alpha value is -2.05. The van der Waals surface area contributed by atoms with E-state index in [-0.39, 0.29) is 23.8 Å². The van der Waals surface area contributed by atoms with Crippen molar-refractivity contribution < 1.29 is 19.1 Å². The number of rotatable bonds is 13. The van der Waals surface area contributed by atoms with Crippen LogP contribution in [0.2, 0.25) is 0 Å². The number of fused-ring (bicyclic) bond motifs is 4. The molecule has 4 atom stereocenters. The molecular formula is C31H45ClN2O4. The van der Waals surface area contributed by atoms with Crippen LogP contribution < -0.4 is 4.90 Å². The van der Waals surface area contributed by atoms with E-state index in [0.29, 0.717) is 11.5 Å². The number of methoxy groups -OCH3 is 2. The third-order valence-corrected chi connectivity index (χ3v) is 9.49. The molecule has 1 aromatic carbocycles. The largest absolute Gasteiger partial charge is 0.504 e. The molecule has 0 saturated carbocycles. The van der Waals surface area contributed by atoms with Gasteiger partial charge in [-0.2, -0.15) is 0 Å². The SMILES string of the molecule is CC[C@H]1CN2CC[C@]3(C(=O)N(CCCCCCCCCCl)c4ccccc43)C2C[C@@H]1/C(=C\OC)C(=O)OC. The maximum atomic E-state index is 14.4. The summed E-state index contributed by atoms with van der Waals surface area (Å²) in [5.74, 6) is 0.976. The number of carbonyl (C=O) groups excluding carboxylic acids is 2. The van der Waals surface area contributed by atoms with Crippen molar-refractivity contribution >= 4 is 29.2 Å². The Bertz CT molecular complexity index is 998. The molecule has 0 radical (unpaired) electrons. The number of unbranched alkanes of at least 4 members (excludes halogenated alkanes) is 6. The van der Waals surface area contributed by atoms with Crippen LogP contribution in [0.1, 0.15) is 76.7 Å². The molecule has 1 unspecified atom stereocenters. The summed E-state index contributed by atoms with van der Waals surface area (Å²) in [4.78, 5) is 31.7. The molecule has 1 amide bonds. The Kier molecular flexibility index (Phi) is 10.2. The lowest BCUT2D eigenvalue weighted by molar-refractivity contribution is -0.137. The molecule has 1 spiro atoms. The number of alkyl halides is 1. The minimum Gasteiger partial charge on any atom is -0.504 e. The third kappa shape index (κ3) is 5.49. The highest BCUT2D eigenvalue weighted by Crippen LogP contribution is 2.55. The lowest BCUT2D eigenvalue weighted by atomic mass is 9.67. The number of benzene rings is 1. The number of para-hydroxylation sites is 1. The van der Waals surface area contributed by atoms with E-state index in [1.807, 2.05) is 0 Å². The summed E-state index contributed by atoms with van der Waals surface area (Å²) < 4.78 is 10.5. The van der Waals surface area contributed by atoms with Crippen molar-refractivity contribution in [3.05, 3.63) is 41.7 Å². The first-order chi connectivity index (χ1) is 18.5. The fourth-order valence-electron chi connectivity index (χ4n) is 7.30. The van der Waals surface area contributed by atoms with Crippen molar-refractivity contribution in [3.63, 3.8) is 0 Å². The monoisotopic (exact) mass is 544 g/mol. The Balaban J connectivity index is 1.54. The first kappa shape index (κ1) is 28.9. The topological polar surface area (TPSA) is 59.1 Å². The number of carbonyl (C=O) groups is 2. The molecule has 38 heavy (non-hydrogen) atoms. The number of piperidine rings is 1. The van der Waals surface area contributed by atoms with Crippen LogP contribution in [-0.2, 0) is 24.5 Å². The number of hydrogen-bond acceptors (Lipinski definition) is 5. The van der Waals surface area contributed by atoms with Crippen LogP contribution >= 0.6 is 11.6 Å². The van der Waals surface area contributed by atoms with Gasteiger partial charge in [0.2, 0.25) is 5.91 Å². The van der Waals surface area contributed by atoms with Crippen molar-refractivity contribution in [2.75, 3.05) is 44.6 Å². The van der Waals surface area contributed by atoms with Crippen molar-refractivity contribution in [2.45, 2.75) is 82.6 Å². The first-order valence-electron chi connectivity index (χ1n) is 14.6. The van der Waals surface area contributed by atoms with Gasteiger partial charge in [-0.25, -0.2) is 4.79 Å². The highest BCUT2D eigenvalue weighted by atomic mass is 35.5. The van der Waals surface area contributed by atoms with E-state index in [4.69, 9.17) is 21.1 Å². The van der Waals surface area contributed by atoms with E-state index < -0.39 is 5.41 Å². The maximum absolute atomic E-state index is 14.4. The standard InChI is InChI=1S/C31H45ClN2O4/c1-4-23-21-33-19-16-31(28(33)20-24(23)25(22-37-2)29(35)38-3)26-14-10-11-15-27(26)34(30(31)36)18-13-9-7-5-6-8-12-17-32/h10-11,14-15,22-24,28H,4-9,12-13,16-21H2,1-3H3/b25-22+/t23-,24-,28?,31+/m0/s1. The predicted molar refractivity (Wildman–Crippen MR) is 152 cm³/mol. The van der Waals surface area contributed by atoms with Crippen molar-refractivity contribution in [1.82, 2.24) is 4.90 Å². The van der Waals surface area contributed by atoms with Gasteiger partial charge >= 0.3 is 5.97 Å². The molecule has 3 aliphatic heterocycles. The fourth-order valence-corrected chi connectivity index (χ4v) is 7.49. The molecule has 2 fully saturated rings. The van der Waals surface area contributed by atoms with Gasteiger partial charge in [0.1, 0.15) is 0 Å². The van der Waals surface area contributed by atoms with Gasteiger partial charge in [-0.05, 0) is 55.7 Å². The van der Waals surface area contributed by atoms with Crippen molar-refractivity contribution in [2.24, 2.45) is 11.8 Å². The Morgan fingerprint density at radius 1 is 1.11 bits per heavy atom. The van der Waals surface area contributed by atoms with E-state index in [0.717, 1.165) is 69.7 Å². The number of nitrogens with zero attached hydrogens (tertiary/aromatic N) is 2. The number of ether oxygens (including phenoxy) is 2. The van der Waals surface area contributed by atoms with Gasteiger partial charge in [0.05, 0.1) is 31.5 Å². The molecule has 1 aromatic rings. The van der Waals surface area contributed by atoms with Crippen LogP contribution in [0.5, 0.6) is 0 Å². The zero-order chi connectivity index (χ0) is 27.1. The van der Waals surface area contributed by atoms with Gasteiger partial charge in [0.15, 0.2) is 0 Å². The number of halogens is 1. The normalized spacial score (nSPS) is 27.1. The molecule has 0 aromatic heterocycles. The van der Waals surface area contributed by atoms with Gasteiger partial charge < -0.3 is 14.4 Å². The molecule has 7 heteroatoms. The van der Waals surface area contributed by atoms with Crippen LogP contribution in [-0.4, -0.2) is 62.6 Å². The maximum Gasteiger partial charge on any atom is 0.337 e. The zero-order valence-corrected chi connectivity index (χ0v) is 24.2. The second kappa shape index (κ2) is 13.3. The molecule has 0 N–H and O–H groups in total. The van der Waals surface area contributed by atoms with Crippen LogP contribution in [0.25, 0.3) is 0 Å². The summed E-state index contributed by atoms with van der Waals surface area (Å²) >= 11 is 5.79. The van der Waals surface area contributed by atoms with Crippen LogP contribution in [0.4, 0.5) is 5.69 Å². The minimum atomic E-state index is -0.552. The van der Waals surface area contributed by atoms with Gasteiger partial charge in [-0.1, -0.05) is 63.6 Å². The first-order valence-corrected chi connectivity index (χ1v) is 15.1. The van der Waals surface area contributed by atoms with E-state index in [2.05, 4.69) is 41.0 Å². The molecular weight excluding hydrogens is 500 g/mol. The fraction of sp³-hybridized carbons (Fsp3) is 0.677. The molecule has 6 nitrogen and oxygen atoms in total. The Morgan fingerprint density at radius 3 is 2.50 bits per heavy atom. The summed E-state index contributed by atoms with van der Waals surface area (Å²) in [7, 11) is 3.00. The average Bonchev–Trinajstić information content (AvgIpc) is 3.43. The molecule has 3 aliphatic rings. The lowest BCUT2D eigenvalue weighted by Gasteiger charge is -2.45. The molecule has 2 saturated heterocycles. The molecule has 3 heterocycles. The summed E-state index contributed by atoms with van der Waals surface area (Å²) in [6, 6.07) is 8.47. The summed E-state index contributed by atoms with van der Waals surface area (Å²) in [5.41, 5.74) is 2.28. The quantitative estimate of drug-likeness (QED) is 0.0992. The second-order valence-electron chi connectivity index (χ2n) is 11.2.